The number of sulfonamides is 1. The van der Waals surface area contributed by atoms with Gasteiger partial charge in [-0.1, -0.05) is 54.4 Å². The van der Waals surface area contributed by atoms with Crippen molar-refractivity contribution in [3.8, 4) is 0 Å². The third kappa shape index (κ3) is 7.85. The fraction of sp³-hybridized carbons (Fsp3) is 0.440. The van der Waals surface area contributed by atoms with E-state index in [1.165, 1.54) is 4.90 Å². The standard InChI is InChI=1S/C25H33Cl2N3O4S/c1-7-21(24(32)28-25(3,4)5)29(15-18-19(26)12-10-13-20(18)27)23(31)16-30(35(6,33)34)22-14-9-8-11-17(22)2/h8-14,21H,7,15-16H2,1-6H3,(H,28,32). The highest BCUT2D eigenvalue weighted by Gasteiger charge is 2.34. The van der Waals surface area contributed by atoms with Gasteiger partial charge in [-0.3, -0.25) is 13.9 Å². The summed E-state index contributed by atoms with van der Waals surface area (Å²) >= 11 is 12.8. The first kappa shape index (κ1) is 28.9. The number of carbonyl (C=O) groups is 2. The molecule has 0 saturated carbocycles. The van der Waals surface area contributed by atoms with Crippen LogP contribution in [0.5, 0.6) is 0 Å². The third-order valence-electron chi connectivity index (χ3n) is 5.34. The maximum Gasteiger partial charge on any atom is 0.244 e. The predicted octanol–water partition coefficient (Wildman–Crippen LogP) is 4.79. The molecule has 0 aliphatic carbocycles. The molecule has 1 N–H and O–H groups in total. The van der Waals surface area contributed by atoms with Crippen LogP contribution in [0.3, 0.4) is 0 Å². The molecule has 0 radical (unpaired) electrons. The number of nitrogens with one attached hydrogen (secondary N) is 1. The minimum atomic E-state index is -3.81. The smallest absolute Gasteiger partial charge is 0.244 e. The van der Waals surface area contributed by atoms with Crippen LogP contribution in [0, 0.1) is 6.92 Å². The fourth-order valence-corrected chi connectivity index (χ4v) is 5.09. The Morgan fingerprint density at radius 1 is 1.03 bits per heavy atom. The Morgan fingerprint density at radius 3 is 2.09 bits per heavy atom. The highest BCUT2D eigenvalue weighted by molar-refractivity contribution is 7.92. The molecule has 7 nitrogen and oxygen atoms in total. The molecule has 1 unspecified atom stereocenters. The quantitative estimate of drug-likeness (QED) is 0.494. The summed E-state index contributed by atoms with van der Waals surface area (Å²) in [5.74, 6) is -0.899. The minimum Gasteiger partial charge on any atom is -0.350 e. The van der Waals surface area contributed by atoms with Gasteiger partial charge in [0.1, 0.15) is 12.6 Å². The number of halogens is 2. The van der Waals surface area contributed by atoms with Crippen LogP contribution in [0.2, 0.25) is 10.0 Å². The largest absolute Gasteiger partial charge is 0.350 e. The normalized spacial score (nSPS) is 12.7. The van der Waals surface area contributed by atoms with Crippen molar-refractivity contribution in [3.63, 3.8) is 0 Å². The number of hydrogen-bond donors (Lipinski definition) is 1. The van der Waals surface area contributed by atoms with Crippen LogP contribution in [0.1, 0.15) is 45.2 Å². The zero-order valence-corrected chi connectivity index (χ0v) is 23.3. The Balaban J connectivity index is 2.54. The lowest BCUT2D eigenvalue weighted by molar-refractivity contribution is -0.141. The minimum absolute atomic E-state index is 0.0568. The zero-order chi connectivity index (χ0) is 26.6. The highest BCUT2D eigenvalue weighted by atomic mass is 35.5. The van der Waals surface area contributed by atoms with Crippen molar-refractivity contribution in [1.29, 1.82) is 0 Å². The second-order valence-corrected chi connectivity index (χ2v) is 12.2. The molecular formula is C25H33Cl2N3O4S. The number of rotatable bonds is 9. The first-order chi connectivity index (χ1) is 16.2. The molecule has 0 aromatic heterocycles. The molecule has 1 atom stereocenters. The first-order valence-electron chi connectivity index (χ1n) is 11.2. The molecular weight excluding hydrogens is 509 g/mol. The molecule has 0 spiro atoms. The predicted molar refractivity (Wildman–Crippen MR) is 142 cm³/mol. The van der Waals surface area contributed by atoms with Gasteiger partial charge in [0, 0.05) is 27.7 Å². The van der Waals surface area contributed by atoms with E-state index < -0.39 is 34.1 Å². The van der Waals surface area contributed by atoms with Gasteiger partial charge < -0.3 is 10.2 Å². The van der Waals surface area contributed by atoms with E-state index in [2.05, 4.69) is 5.32 Å². The summed E-state index contributed by atoms with van der Waals surface area (Å²) in [6.45, 7) is 8.56. The van der Waals surface area contributed by atoms with E-state index in [0.717, 1.165) is 10.6 Å². The molecule has 0 aliphatic heterocycles. The van der Waals surface area contributed by atoms with E-state index in [1.807, 2.05) is 20.8 Å². The molecule has 35 heavy (non-hydrogen) atoms. The fourth-order valence-electron chi connectivity index (χ4n) is 3.66. The van der Waals surface area contributed by atoms with Gasteiger partial charge in [0.2, 0.25) is 21.8 Å². The Morgan fingerprint density at radius 2 is 1.60 bits per heavy atom. The lowest BCUT2D eigenvalue weighted by atomic mass is 10.1. The summed E-state index contributed by atoms with van der Waals surface area (Å²) in [5.41, 5.74) is 1.05. The Labute approximate surface area is 218 Å². The number of anilines is 1. The van der Waals surface area contributed by atoms with Crippen LogP contribution >= 0.6 is 23.2 Å². The maximum absolute atomic E-state index is 13.7. The van der Waals surface area contributed by atoms with Gasteiger partial charge in [-0.25, -0.2) is 8.42 Å². The zero-order valence-electron chi connectivity index (χ0n) is 20.9. The summed E-state index contributed by atoms with van der Waals surface area (Å²) in [7, 11) is -3.81. The molecule has 2 aromatic carbocycles. The Kier molecular flexibility index (Phi) is 9.62. The molecule has 0 saturated heterocycles. The maximum atomic E-state index is 13.7. The highest BCUT2D eigenvalue weighted by Crippen LogP contribution is 2.28. The monoisotopic (exact) mass is 541 g/mol. The molecule has 0 aliphatic rings. The van der Waals surface area contributed by atoms with E-state index in [4.69, 9.17) is 23.2 Å². The second kappa shape index (κ2) is 11.6. The molecule has 10 heteroatoms. The number of amides is 2. The van der Waals surface area contributed by atoms with E-state index in [-0.39, 0.29) is 12.5 Å². The van der Waals surface area contributed by atoms with E-state index in [9.17, 15) is 18.0 Å². The molecule has 2 aromatic rings. The summed E-state index contributed by atoms with van der Waals surface area (Å²) in [5, 5.41) is 3.61. The van der Waals surface area contributed by atoms with Crippen molar-refractivity contribution < 1.29 is 18.0 Å². The van der Waals surface area contributed by atoms with Gasteiger partial charge in [-0.05, 0) is 57.9 Å². The van der Waals surface area contributed by atoms with E-state index in [0.29, 0.717) is 33.3 Å². The van der Waals surface area contributed by atoms with Crippen LogP contribution < -0.4 is 9.62 Å². The Hall–Kier alpha value is -2.29. The molecule has 2 rings (SSSR count). The number of carbonyl (C=O) groups excluding carboxylic acids is 2. The van der Waals surface area contributed by atoms with Crippen LogP contribution in [0.15, 0.2) is 42.5 Å². The molecule has 0 bridgehead atoms. The van der Waals surface area contributed by atoms with E-state index in [1.54, 1.807) is 56.3 Å². The Bertz CT molecular complexity index is 1160. The van der Waals surface area contributed by atoms with Gasteiger partial charge in [0.25, 0.3) is 0 Å². The molecule has 0 fully saturated rings. The number of aryl methyl sites for hydroxylation is 1. The first-order valence-corrected chi connectivity index (χ1v) is 13.8. The van der Waals surface area contributed by atoms with E-state index >= 15 is 0 Å². The van der Waals surface area contributed by atoms with Crippen LogP contribution in [-0.4, -0.2) is 49.5 Å². The summed E-state index contributed by atoms with van der Waals surface area (Å²) < 4.78 is 26.5. The lowest BCUT2D eigenvalue weighted by Gasteiger charge is -2.35. The van der Waals surface area contributed by atoms with Crippen molar-refractivity contribution in [2.24, 2.45) is 0 Å². The third-order valence-corrected chi connectivity index (χ3v) is 7.17. The van der Waals surface area contributed by atoms with Crippen LogP contribution in [0.25, 0.3) is 0 Å². The molecule has 0 heterocycles. The van der Waals surface area contributed by atoms with Crippen LogP contribution in [0.4, 0.5) is 5.69 Å². The molecule has 2 amide bonds. The van der Waals surface area contributed by atoms with Crippen LogP contribution in [-0.2, 0) is 26.2 Å². The van der Waals surface area contributed by atoms with Gasteiger partial charge in [-0.15, -0.1) is 0 Å². The number of nitrogens with zero attached hydrogens (tertiary/aromatic N) is 2. The van der Waals surface area contributed by atoms with Crippen molar-refractivity contribution >= 4 is 50.7 Å². The van der Waals surface area contributed by atoms with Crippen molar-refractivity contribution in [2.75, 3.05) is 17.1 Å². The van der Waals surface area contributed by atoms with Crippen molar-refractivity contribution in [2.45, 2.75) is 59.2 Å². The van der Waals surface area contributed by atoms with Gasteiger partial charge in [0.05, 0.1) is 11.9 Å². The summed E-state index contributed by atoms with van der Waals surface area (Å²) in [4.78, 5) is 28.3. The topological polar surface area (TPSA) is 86.8 Å². The number of hydrogen-bond acceptors (Lipinski definition) is 4. The lowest BCUT2D eigenvalue weighted by Crippen LogP contribution is -2.55. The van der Waals surface area contributed by atoms with Gasteiger partial charge in [-0.2, -0.15) is 0 Å². The average Bonchev–Trinajstić information content (AvgIpc) is 2.72. The average molecular weight is 543 g/mol. The van der Waals surface area contributed by atoms with Crippen molar-refractivity contribution in [3.05, 3.63) is 63.6 Å². The number of benzene rings is 2. The SMILES string of the molecule is CCC(C(=O)NC(C)(C)C)N(Cc1c(Cl)cccc1Cl)C(=O)CN(c1ccccc1C)S(C)(=O)=O. The number of para-hydroxylation sites is 1. The van der Waals surface area contributed by atoms with Gasteiger partial charge in [0.15, 0.2) is 0 Å². The summed E-state index contributed by atoms with van der Waals surface area (Å²) in [6.07, 6.45) is 1.35. The summed E-state index contributed by atoms with van der Waals surface area (Å²) in [6, 6.07) is 11.0. The van der Waals surface area contributed by atoms with Gasteiger partial charge >= 0.3 is 0 Å². The van der Waals surface area contributed by atoms with Crippen molar-refractivity contribution in [1.82, 2.24) is 10.2 Å². The second-order valence-electron chi connectivity index (χ2n) is 9.44. The molecule has 192 valence electrons.